The maximum atomic E-state index is 10.0. The second-order valence-corrected chi connectivity index (χ2v) is 5.08. The molecule has 1 aliphatic rings. The molecule has 1 aromatic rings. The highest BCUT2D eigenvalue weighted by molar-refractivity contribution is 5.17. The first-order chi connectivity index (χ1) is 7.57. The summed E-state index contributed by atoms with van der Waals surface area (Å²) in [7, 11) is 0. The van der Waals surface area contributed by atoms with Gasteiger partial charge in [-0.1, -0.05) is 6.07 Å². The summed E-state index contributed by atoms with van der Waals surface area (Å²) in [4.78, 5) is 6.69. The summed E-state index contributed by atoms with van der Waals surface area (Å²) in [6.45, 7) is 6.67. The first kappa shape index (κ1) is 11.6. The molecule has 2 heterocycles. The standard InChI is InChI=1S/C13H20N2O/c1-11-5-3-7-14-12(11)9-15-8-4-6-13(2,16)10-15/h3,5,7,16H,4,6,8-10H2,1-2H3. The van der Waals surface area contributed by atoms with Gasteiger partial charge in [0, 0.05) is 19.3 Å². The first-order valence-electron chi connectivity index (χ1n) is 5.92. The predicted octanol–water partition coefficient (Wildman–Crippen LogP) is 1.74. The van der Waals surface area contributed by atoms with Gasteiger partial charge in [0.25, 0.3) is 0 Å². The zero-order valence-electron chi connectivity index (χ0n) is 10.1. The van der Waals surface area contributed by atoms with Crippen LogP contribution in [0.4, 0.5) is 0 Å². The Kier molecular flexibility index (Phi) is 3.26. The highest BCUT2D eigenvalue weighted by atomic mass is 16.3. The van der Waals surface area contributed by atoms with Gasteiger partial charge in [-0.05, 0) is 44.9 Å². The first-order valence-corrected chi connectivity index (χ1v) is 5.92. The Labute approximate surface area is 97.1 Å². The Bertz CT molecular complexity index is 363. The zero-order chi connectivity index (χ0) is 11.6. The summed E-state index contributed by atoms with van der Waals surface area (Å²) in [5.41, 5.74) is 1.83. The minimum absolute atomic E-state index is 0.527. The van der Waals surface area contributed by atoms with Crippen molar-refractivity contribution in [3.05, 3.63) is 29.6 Å². The Morgan fingerprint density at radius 1 is 1.56 bits per heavy atom. The number of aliphatic hydroxyl groups is 1. The summed E-state index contributed by atoms with van der Waals surface area (Å²) in [5, 5.41) is 10.0. The van der Waals surface area contributed by atoms with Crippen molar-refractivity contribution in [2.75, 3.05) is 13.1 Å². The Morgan fingerprint density at radius 3 is 3.06 bits per heavy atom. The fraction of sp³-hybridized carbons (Fsp3) is 0.615. The topological polar surface area (TPSA) is 36.4 Å². The van der Waals surface area contributed by atoms with Gasteiger partial charge in [0.05, 0.1) is 11.3 Å². The maximum absolute atomic E-state index is 10.0. The molecule has 3 heteroatoms. The number of aryl methyl sites for hydroxylation is 1. The number of hydrogen-bond donors (Lipinski definition) is 1. The maximum Gasteiger partial charge on any atom is 0.0746 e. The molecule has 1 fully saturated rings. The van der Waals surface area contributed by atoms with E-state index >= 15 is 0 Å². The van der Waals surface area contributed by atoms with Gasteiger partial charge in [0.2, 0.25) is 0 Å². The largest absolute Gasteiger partial charge is 0.389 e. The third-order valence-corrected chi connectivity index (χ3v) is 3.25. The van der Waals surface area contributed by atoms with Crippen molar-refractivity contribution < 1.29 is 5.11 Å². The van der Waals surface area contributed by atoms with E-state index in [1.54, 1.807) is 0 Å². The van der Waals surface area contributed by atoms with Crippen LogP contribution in [0.15, 0.2) is 18.3 Å². The number of nitrogens with zero attached hydrogens (tertiary/aromatic N) is 2. The minimum atomic E-state index is -0.527. The molecule has 16 heavy (non-hydrogen) atoms. The normalized spacial score (nSPS) is 26.9. The van der Waals surface area contributed by atoms with Crippen LogP contribution < -0.4 is 0 Å². The van der Waals surface area contributed by atoms with Gasteiger partial charge in [-0.25, -0.2) is 0 Å². The summed E-state index contributed by atoms with van der Waals surface area (Å²) < 4.78 is 0. The lowest BCUT2D eigenvalue weighted by Crippen LogP contribution is -2.45. The van der Waals surface area contributed by atoms with Gasteiger partial charge in [-0.2, -0.15) is 0 Å². The van der Waals surface area contributed by atoms with Crippen LogP contribution in [-0.2, 0) is 6.54 Å². The average Bonchev–Trinajstić information content (AvgIpc) is 2.20. The van der Waals surface area contributed by atoms with Crippen molar-refractivity contribution in [1.29, 1.82) is 0 Å². The summed E-state index contributed by atoms with van der Waals surface area (Å²) in [5.74, 6) is 0. The second kappa shape index (κ2) is 4.52. The van der Waals surface area contributed by atoms with Crippen LogP contribution in [0, 0.1) is 6.92 Å². The molecule has 0 spiro atoms. The van der Waals surface area contributed by atoms with Crippen LogP contribution in [0.1, 0.15) is 31.0 Å². The molecule has 1 N–H and O–H groups in total. The lowest BCUT2D eigenvalue weighted by atomic mass is 9.95. The van der Waals surface area contributed by atoms with Gasteiger partial charge in [-0.15, -0.1) is 0 Å². The SMILES string of the molecule is Cc1cccnc1CN1CCCC(C)(O)C1. The van der Waals surface area contributed by atoms with Crippen molar-refractivity contribution >= 4 is 0 Å². The summed E-state index contributed by atoms with van der Waals surface area (Å²) in [6, 6.07) is 4.05. The zero-order valence-corrected chi connectivity index (χ0v) is 10.1. The van der Waals surface area contributed by atoms with Gasteiger partial charge < -0.3 is 5.11 Å². The van der Waals surface area contributed by atoms with Crippen LogP contribution in [0.25, 0.3) is 0 Å². The number of hydrogen-bond acceptors (Lipinski definition) is 3. The van der Waals surface area contributed by atoms with E-state index in [2.05, 4.69) is 22.9 Å². The van der Waals surface area contributed by atoms with Crippen LogP contribution in [-0.4, -0.2) is 33.7 Å². The molecule has 0 aromatic carbocycles. The quantitative estimate of drug-likeness (QED) is 0.824. The molecule has 0 aliphatic carbocycles. The number of β-amino-alcohol motifs (C(OH)–C–C–N with tert-alkyl or cyclic N) is 1. The molecule has 0 radical (unpaired) electrons. The van der Waals surface area contributed by atoms with Gasteiger partial charge in [0.15, 0.2) is 0 Å². The van der Waals surface area contributed by atoms with Crippen molar-refractivity contribution in [3.63, 3.8) is 0 Å². The number of piperidine rings is 1. The molecule has 1 aliphatic heterocycles. The van der Waals surface area contributed by atoms with Crippen LogP contribution >= 0.6 is 0 Å². The molecule has 2 rings (SSSR count). The number of pyridine rings is 1. The van der Waals surface area contributed by atoms with Crippen molar-refractivity contribution in [2.45, 2.75) is 38.8 Å². The summed E-state index contributed by atoms with van der Waals surface area (Å²) in [6.07, 6.45) is 3.81. The van der Waals surface area contributed by atoms with Crippen molar-refractivity contribution in [1.82, 2.24) is 9.88 Å². The Hall–Kier alpha value is -0.930. The molecule has 1 atom stereocenters. The Morgan fingerprint density at radius 2 is 2.38 bits per heavy atom. The van der Waals surface area contributed by atoms with E-state index in [-0.39, 0.29) is 0 Å². The van der Waals surface area contributed by atoms with Gasteiger partial charge >= 0.3 is 0 Å². The number of likely N-dealkylation sites (tertiary alicyclic amines) is 1. The van der Waals surface area contributed by atoms with Gasteiger partial charge in [0.1, 0.15) is 0 Å². The lowest BCUT2D eigenvalue weighted by Gasteiger charge is -2.36. The van der Waals surface area contributed by atoms with E-state index in [9.17, 15) is 5.11 Å². The number of rotatable bonds is 2. The molecule has 1 aromatic heterocycles. The highest BCUT2D eigenvalue weighted by Crippen LogP contribution is 2.21. The monoisotopic (exact) mass is 220 g/mol. The third kappa shape index (κ3) is 2.80. The molecule has 1 unspecified atom stereocenters. The van der Waals surface area contributed by atoms with Crippen LogP contribution in [0.2, 0.25) is 0 Å². The predicted molar refractivity (Wildman–Crippen MR) is 64.1 cm³/mol. The van der Waals surface area contributed by atoms with E-state index in [1.165, 1.54) is 5.56 Å². The van der Waals surface area contributed by atoms with Crippen LogP contribution in [0.5, 0.6) is 0 Å². The molecule has 0 bridgehead atoms. The fourth-order valence-electron chi connectivity index (χ4n) is 2.35. The summed E-state index contributed by atoms with van der Waals surface area (Å²) >= 11 is 0. The van der Waals surface area contributed by atoms with E-state index in [0.29, 0.717) is 0 Å². The molecular weight excluding hydrogens is 200 g/mol. The second-order valence-electron chi connectivity index (χ2n) is 5.08. The number of aromatic nitrogens is 1. The Balaban J connectivity index is 2.02. The lowest BCUT2D eigenvalue weighted by molar-refractivity contribution is -0.0185. The molecule has 88 valence electrons. The van der Waals surface area contributed by atoms with E-state index in [4.69, 9.17) is 0 Å². The molecular formula is C13H20N2O. The van der Waals surface area contributed by atoms with E-state index in [1.807, 2.05) is 19.2 Å². The molecule has 0 saturated carbocycles. The molecule has 0 amide bonds. The smallest absolute Gasteiger partial charge is 0.0746 e. The molecule has 1 saturated heterocycles. The van der Waals surface area contributed by atoms with Crippen LogP contribution in [0.3, 0.4) is 0 Å². The van der Waals surface area contributed by atoms with Crippen molar-refractivity contribution in [3.8, 4) is 0 Å². The average molecular weight is 220 g/mol. The third-order valence-electron chi connectivity index (χ3n) is 3.25. The van der Waals surface area contributed by atoms with E-state index < -0.39 is 5.60 Å². The fourth-order valence-corrected chi connectivity index (χ4v) is 2.35. The van der Waals surface area contributed by atoms with E-state index in [0.717, 1.165) is 38.2 Å². The van der Waals surface area contributed by atoms with Gasteiger partial charge in [-0.3, -0.25) is 9.88 Å². The highest BCUT2D eigenvalue weighted by Gasteiger charge is 2.28. The van der Waals surface area contributed by atoms with Crippen molar-refractivity contribution in [2.24, 2.45) is 0 Å². The minimum Gasteiger partial charge on any atom is -0.389 e. The molecule has 3 nitrogen and oxygen atoms in total.